The number of unbranched alkanes of at least 4 members (excludes halogenated alkanes) is 14. The molecule has 1 unspecified atom stereocenters. The number of phosphoric ester groups is 1. The van der Waals surface area contributed by atoms with Gasteiger partial charge >= 0.3 is 19.8 Å². The van der Waals surface area contributed by atoms with E-state index in [-0.39, 0.29) is 32.0 Å². The Kier molecular flexibility index (Phi) is 35.7. The third-order valence-corrected chi connectivity index (χ3v) is 9.80. The maximum Gasteiger partial charge on any atom is 0.472 e. The van der Waals surface area contributed by atoms with Crippen molar-refractivity contribution in [1.29, 1.82) is 0 Å². The summed E-state index contributed by atoms with van der Waals surface area (Å²) >= 11 is 0. The fourth-order valence-corrected chi connectivity index (χ4v) is 6.20. The van der Waals surface area contributed by atoms with Gasteiger partial charge in [0.1, 0.15) is 19.8 Å². The molecule has 0 aromatic heterocycles. The summed E-state index contributed by atoms with van der Waals surface area (Å²) < 4.78 is 34.2. The van der Waals surface area contributed by atoms with Crippen LogP contribution in [0.2, 0.25) is 0 Å². The van der Waals surface area contributed by atoms with Crippen LogP contribution in [0.1, 0.15) is 162 Å². The Bertz CT molecular complexity index is 1120. The molecular weight excluding hydrogens is 713 g/mol. The Morgan fingerprint density at radius 3 is 1.53 bits per heavy atom. The Hall–Kier alpha value is -2.29. The first-order valence-corrected chi connectivity index (χ1v) is 23.0. The van der Waals surface area contributed by atoms with Gasteiger partial charge in [-0.1, -0.05) is 158 Å². The number of allylic oxidation sites excluding steroid dienone is 10. The third-order valence-electron chi connectivity index (χ3n) is 8.81. The van der Waals surface area contributed by atoms with Gasteiger partial charge in [0, 0.05) is 12.8 Å². The van der Waals surface area contributed by atoms with Crippen molar-refractivity contribution >= 4 is 19.8 Å². The molecule has 10 heteroatoms. The van der Waals surface area contributed by atoms with Crippen LogP contribution in [-0.2, 0) is 32.7 Å². The first-order chi connectivity index (χ1) is 26.5. The van der Waals surface area contributed by atoms with Gasteiger partial charge in [-0.2, -0.15) is 0 Å². The highest BCUT2D eigenvalue weighted by Gasteiger charge is 2.27. The van der Waals surface area contributed by atoms with Crippen molar-refractivity contribution in [2.45, 2.75) is 168 Å². The molecule has 0 rings (SSSR count). The molecule has 0 amide bonds. The second-order valence-corrected chi connectivity index (χ2v) is 16.8. The van der Waals surface area contributed by atoms with Gasteiger partial charge in [0.05, 0.1) is 27.7 Å². The normalized spacial score (nSPS) is 14.2. The fraction of sp³-hybridized carbons (Fsp3) is 0.733. The number of carbonyl (C=O) groups excluding carboxylic acids is 2. The highest BCUT2D eigenvalue weighted by atomic mass is 31.2. The molecular formula is C45H81NO8P+. The van der Waals surface area contributed by atoms with Gasteiger partial charge in [-0.3, -0.25) is 18.6 Å². The predicted molar refractivity (Wildman–Crippen MR) is 229 cm³/mol. The Balaban J connectivity index is 4.48. The van der Waals surface area contributed by atoms with Gasteiger partial charge in [0.25, 0.3) is 0 Å². The largest absolute Gasteiger partial charge is 0.472 e. The van der Waals surface area contributed by atoms with E-state index < -0.39 is 26.5 Å². The molecule has 0 aliphatic rings. The zero-order valence-electron chi connectivity index (χ0n) is 35.6. The van der Waals surface area contributed by atoms with Crippen LogP contribution in [0.3, 0.4) is 0 Å². The minimum absolute atomic E-state index is 0.0196. The number of hydrogen-bond donors (Lipinski definition) is 1. The zero-order chi connectivity index (χ0) is 40.7. The van der Waals surface area contributed by atoms with Crippen LogP contribution in [0.15, 0.2) is 60.8 Å². The molecule has 0 saturated carbocycles. The summed E-state index contributed by atoms with van der Waals surface area (Å²) in [5.74, 6) is -0.868. The van der Waals surface area contributed by atoms with Crippen LogP contribution in [-0.4, -0.2) is 74.9 Å². The summed E-state index contributed by atoms with van der Waals surface area (Å²) in [6, 6.07) is 0. The topological polar surface area (TPSA) is 108 Å². The molecule has 0 aliphatic heterocycles. The van der Waals surface area contributed by atoms with Gasteiger partial charge in [-0.15, -0.1) is 0 Å². The van der Waals surface area contributed by atoms with Crippen molar-refractivity contribution in [3.05, 3.63) is 60.8 Å². The van der Waals surface area contributed by atoms with E-state index in [4.69, 9.17) is 18.5 Å². The smallest absolute Gasteiger partial charge is 0.462 e. The van der Waals surface area contributed by atoms with Crippen molar-refractivity contribution in [3.63, 3.8) is 0 Å². The standard InChI is InChI=1S/C45H80NO8P/c1-6-8-10-12-14-16-18-20-22-23-24-26-28-30-32-34-36-38-45(48)54-43(42-53-55(49,50)52-40-39-46(3,4)5)41-51-44(47)37-35-33-31-29-27-25-21-19-17-15-13-11-9-7-2/h8,10,14,16,20,22,24,26,30,32,43H,6-7,9,11-13,15,17-19,21,23,25,27-29,31,33-42H2,1-5H3/p+1/b10-8+,16-14+,22-20+,26-24+,32-30+/t43-/m1/s1. The molecule has 55 heavy (non-hydrogen) atoms. The van der Waals surface area contributed by atoms with Gasteiger partial charge in [0.15, 0.2) is 6.10 Å². The molecule has 1 N–H and O–H groups in total. The van der Waals surface area contributed by atoms with Gasteiger partial charge < -0.3 is 18.9 Å². The lowest BCUT2D eigenvalue weighted by Gasteiger charge is -2.24. The zero-order valence-corrected chi connectivity index (χ0v) is 36.5. The summed E-state index contributed by atoms with van der Waals surface area (Å²) in [6.07, 6.45) is 44.2. The summed E-state index contributed by atoms with van der Waals surface area (Å²) in [6.45, 7) is 4.23. The lowest BCUT2D eigenvalue weighted by molar-refractivity contribution is -0.870. The van der Waals surface area contributed by atoms with Crippen LogP contribution in [0.25, 0.3) is 0 Å². The molecule has 0 spiro atoms. The first kappa shape index (κ1) is 52.7. The third kappa shape index (κ3) is 41.2. The molecule has 0 aromatic carbocycles. The molecule has 0 aromatic rings. The van der Waals surface area contributed by atoms with Crippen LogP contribution in [0, 0.1) is 0 Å². The van der Waals surface area contributed by atoms with E-state index in [0.717, 1.165) is 51.4 Å². The van der Waals surface area contributed by atoms with Gasteiger partial charge in [-0.25, -0.2) is 4.57 Å². The van der Waals surface area contributed by atoms with Crippen molar-refractivity contribution in [2.75, 3.05) is 47.5 Å². The molecule has 0 fully saturated rings. The van der Waals surface area contributed by atoms with Crippen molar-refractivity contribution in [3.8, 4) is 0 Å². The molecule has 0 bridgehead atoms. The number of quaternary nitrogens is 1. The molecule has 0 saturated heterocycles. The van der Waals surface area contributed by atoms with Gasteiger partial charge in [-0.05, 0) is 51.4 Å². The fourth-order valence-electron chi connectivity index (χ4n) is 5.46. The number of likely N-dealkylation sites (N-methyl/N-ethyl adjacent to an activating group) is 1. The molecule has 0 heterocycles. The number of hydrogen-bond acceptors (Lipinski definition) is 7. The SMILES string of the molecule is CC/C=C/C/C=C/C/C=C/C/C=C/C/C=C/CCCC(=O)O[C@H](COC(=O)CCCCCCCCCCCCCCCC)COP(=O)(O)OCC[N+](C)(C)C. The average molecular weight is 795 g/mol. The second kappa shape index (κ2) is 37.3. The summed E-state index contributed by atoms with van der Waals surface area (Å²) in [5.41, 5.74) is 0. The number of rotatable bonds is 38. The number of phosphoric acid groups is 1. The Morgan fingerprint density at radius 2 is 1.04 bits per heavy atom. The second-order valence-electron chi connectivity index (χ2n) is 15.4. The molecule has 2 atom stereocenters. The lowest BCUT2D eigenvalue weighted by atomic mass is 10.0. The van der Waals surface area contributed by atoms with Crippen LogP contribution in [0.4, 0.5) is 0 Å². The quantitative estimate of drug-likeness (QED) is 0.0216. The molecule has 9 nitrogen and oxygen atoms in total. The summed E-state index contributed by atoms with van der Waals surface area (Å²) in [7, 11) is 1.43. The molecule has 0 aliphatic carbocycles. The summed E-state index contributed by atoms with van der Waals surface area (Å²) in [5, 5.41) is 0. The van der Waals surface area contributed by atoms with Crippen molar-refractivity contribution < 1.29 is 42.1 Å². The van der Waals surface area contributed by atoms with Crippen molar-refractivity contribution in [2.24, 2.45) is 0 Å². The van der Waals surface area contributed by atoms with E-state index >= 15 is 0 Å². The van der Waals surface area contributed by atoms with Crippen LogP contribution in [0.5, 0.6) is 0 Å². The maximum atomic E-state index is 12.7. The van der Waals surface area contributed by atoms with Gasteiger partial charge in [0.2, 0.25) is 0 Å². The van der Waals surface area contributed by atoms with E-state index in [0.29, 0.717) is 23.9 Å². The summed E-state index contributed by atoms with van der Waals surface area (Å²) in [4.78, 5) is 35.3. The van der Waals surface area contributed by atoms with E-state index in [1.807, 2.05) is 27.2 Å². The minimum Gasteiger partial charge on any atom is -0.462 e. The number of ether oxygens (including phenoxy) is 2. The highest BCUT2D eigenvalue weighted by Crippen LogP contribution is 2.43. The van der Waals surface area contributed by atoms with Crippen molar-refractivity contribution in [1.82, 2.24) is 0 Å². The molecule has 0 radical (unpaired) electrons. The average Bonchev–Trinajstić information content (AvgIpc) is 3.13. The predicted octanol–water partition coefficient (Wildman–Crippen LogP) is 12.1. The Morgan fingerprint density at radius 1 is 0.582 bits per heavy atom. The van der Waals surface area contributed by atoms with E-state index in [2.05, 4.69) is 68.5 Å². The monoisotopic (exact) mass is 795 g/mol. The number of carbonyl (C=O) groups is 2. The Labute approximate surface area is 336 Å². The highest BCUT2D eigenvalue weighted by molar-refractivity contribution is 7.47. The minimum atomic E-state index is -4.39. The maximum absolute atomic E-state index is 12.7. The van der Waals surface area contributed by atoms with E-state index in [1.165, 1.54) is 70.6 Å². The number of nitrogens with zero attached hydrogens (tertiary/aromatic N) is 1. The lowest BCUT2D eigenvalue weighted by Crippen LogP contribution is -2.37. The van der Waals surface area contributed by atoms with E-state index in [9.17, 15) is 19.0 Å². The molecule has 318 valence electrons. The number of esters is 2. The first-order valence-electron chi connectivity index (χ1n) is 21.5. The van der Waals surface area contributed by atoms with E-state index in [1.54, 1.807) is 0 Å². The van der Waals surface area contributed by atoms with Crippen LogP contribution >= 0.6 is 7.82 Å². The van der Waals surface area contributed by atoms with Crippen LogP contribution < -0.4 is 0 Å².